The molecular weight excluding hydrogens is 340 g/mol. The minimum Gasteiger partial charge on any atom is -0.497 e. The van der Waals surface area contributed by atoms with E-state index in [0.717, 1.165) is 18.4 Å². The maximum Gasteiger partial charge on any atom is 0.255 e. The molecule has 0 aliphatic heterocycles. The first-order valence-electron chi connectivity index (χ1n) is 9.29. The number of anilines is 1. The Hall–Kier alpha value is -2.82. The van der Waals surface area contributed by atoms with Crippen molar-refractivity contribution < 1.29 is 14.3 Å². The van der Waals surface area contributed by atoms with Crippen molar-refractivity contribution >= 4 is 17.5 Å². The number of carbonyl (C=O) groups is 2. The van der Waals surface area contributed by atoms with Crippen LogP contribution in [0.1, 0.15) is 42.6 Å². The zero-order valence-corrected chi connectivity index (χ0v) is 16.0. The standard InChI is InChI=1S/C22H26N2O3/c1-15(2)14-23-21(26)22(12-13-22)17-6-8-18(9-7-17)24-20(25)16-4-10-19(27-3)11-5-16/h4-11,15H,12-14H2,1-3H3,(H,23,26)(H,24,25). The molecule has 1 aliphatic rings. The van der Waals surface area contributed by atoms with Crippen LogP contribution in [-0.2, 0) is 10.2 Å². The summed E-state index contributed by atoms with van der Waals surface area (Å²) >= 11 is 0. The summed E-state index contributed by atoms with van der Waals surface area (Å²) in [7, 11) is 1.59. The highest BCUT2D eigenvalue weighted by Gasteiger charge is 2.51. The summed E-state index contributed by atoms with van der Waals surface area (Å²) in [5, 5.41) is 5.93. The first-order valence-corrected chi connectivity index (χ1v) is 9.29. The third-order valence-electron chi connectivity index (χ3n) is 4.90. The van der Waals surface area contributed by atoms with Crippen LogP contribution in [-0.4, -0.2) is 25.5 Å². The van der Waals surface area contributed by atoms with E-state index in [2.05, 4.69) is 24.5 Å². The number of methoxy groups -OCH3 is 1. The normalized spacial score (nSPS) is 14.5. The summed E-state index contributed by atoms with van der Waals surface area (Å²) in [6.45, 7) is 4.86. The van der Waals surface area contributed by atoms with Gasteiger partial charge in [-0.2, -0.15) is 0 Å². The second kappa shape index (κ2) is 7.82. The van der Waals surface area contributed by atoms with Gasteiger partial charge >= 0.3 is 0 Å². The number of carbonyl (C=O) groups excluding carboxylic acids is 2. The molecule has 3 rings (SSSR count). The van der Waals surface area contributed by atoms with Crippen molar-refractivity contribution in [1.82, 2.24) is 5.32 Å². The van der Waals surface area contributed by atoms with Crippen LogP contribution in [0.25, 0.3) is 0 Å². The van der Waals surface area contributed by atoms with Gasteiger partial charge in [0.1, 0.15) is 5.75 Å². The molecule has 0 heterocycles. The molecule has 0 spiro atoms. The number of hydrogen-bond donors (Lipinski definition) is 2. The molecule has 2 aromatic carbocycles. The molecule has 0 aromatic heterocycles. The summed E-state index contributed by atoms with van der Waals surface area (Å²) < 4.78 is 5.10. The number of amides is 2. The molecule has 0 saturated heterocycles. The lowest BCUT2D eigenvalue weighted by atomic mass is 9.94. The highest BCUT2D eigenvalue weighted by atomic mass is 16.5. The highest BCUT2D eigenvalue weighted by Crippen LogP contribution is 2.48. The lowest BCUT2D eigenvalue weighted by molar-refractivity contribution is -0.123. The molecule has 0 atom stereocenters. The predicted molar refractivity (Wildman–Crippen MR) is 106 cm³/mol. The average Bonchev–Trinajstić information content (AvgIpc) is 3.48. The van der Waals surface area contributed by atoms with E-state index < -0.39 is 5.41 Å². The first kappa shape index (κ1) is 19.0. The molecule has 1 saturated carbocycles. The van der Waals surface area contributed by atoms with E-state index in [1.165, 1.54) is 0 Å². The molecule has 1 fully saturated rings. The second-order valence-corrected chi connectivity index (χ2v) is 7.45. The SMILES string of the molecule is COc1ccc(C(=O)Nc2ccc(C3(C(=O)NCC(C)C)CC3)cc2)cc1. The van der Waals surface area contributed by atoms with Crippen LogP contribution in [0.15, 0.2) is 48.5 Å². The van der Waals surface area contributed by atoms with Crippen LogP contribution in [0.4, 0.5) is 5.69 Å². The minimum absolute atomic E-state index is 0.103. The molecular formula is C22H26N2O3. The highest BCUT2D eigenvalue weighted by molar-refractivity contribution is 6.04. The van der Waals surface area contributed by atoms with Crippen molar-refractivity contribution in [3.8, 4) is 5.75 Å². The van der Waals surface area contributed by atoms with Gasteiger partial charge in [-0.15, -0.1) is 0 Å². The van der Waals surface area contributed by atoms with Gasteiger partial charge in [-0.25, -0.2) is 0 Å². The Morgan fingerprint density at radius 2 is 1.67 bits per heavy atom. The van der Waals surface area contributed by atoms with E-state index in [-0.39, 0.29) is 11.8 Å². The van der Waals surface area contributed by atoms with Crippen molar-refractivity contribution in [2.45, 2.75) is 32.1 Å². The third-order valence-corrected chi connectivity index (χ3v) is 4.90. The number of benzene rings is 2. The second-order valence-electron chi connectivity index (χ2n) is 7.45. The average molecular weight is 366 g/mol. The van der Waals surface area contributed by atoms with Gasteiger partial charge in [0.05, 0.1) is 12.5 Å². The number of rotatable bonds is 7. The van der Waals surface area contributed by atoms with Crippen molar-refractivity contribution in [2.24, 2.45) is 5.92 Å². The van der Waals surface area contributed by atoms with Crippen LogP contribution < -0.4 is 15.4 Å². The van der Waals surface area contributed by atoms with Gasteiger partial charge in [0.25, 0.3) is 5.91 Å². The number of ether oxygens (including phenoxy) is 1. The van der Waals surface area contributed by atoms with Crippen molar-refractivity contribution in [1.29, 1.82) is 0 Å². The zero-order valence-electron chi connectivity index (χ0n) is 16.0. The fraction of sp³-hybridized carbons (Fsp3) is 0.364. The van der Waals surface area contributed by atoms with Gasteiger partial charge in [-0.05, 0) is 60.7 Å². The fourth-order valence-corrected chi connectivity index (χ4v) is 3.06. The summed E-state index contributed by atoms with van der Waals surface area (Å²) in [6.07, 6.45) is 1.74. The molecule has 27 heavy (non-hydrogen) atoms. The number of hydrogen-bond acceptors (Lipinski definition) is 3. The fourth-order valence-electron chi connectivity index (χ4n) is 3.06. The van der Waals surface area contributed by atoms with Gasteiger partial charge in [0.15, 0.2) is 0 Å². The maximum absolute atomic E-state index is 12.5. The summed E-state index contributed by atoms with van der Waals surface area (Å²) in [5.74, 6) is 1.06. The van der Waals surface area contributed by atoms with Crippen LogP contribution in [0, 0.1) is 5.92 Å². The van der Waals surface area contributed by atoms with Gasteiger partial charge in [0.2, 0.25) is 5.91 Å². The van der Waals surface area contributed by atoms with E-state index in [9.17, 15) is 9.59 Å². The molecule has 0 unspecified atom stereocenters. The Bertz CT molecular complexity index is 806. The molecule has 5 heteroatoms. The van der Waals surface area contributed by atoms with Gasteiger partial charge in [-0.1, -0.05) is 26.0 Å². The summed E-state index contributed by atoms with van der Waals surface area (Å²) in [6, 6.07) is 14.5. The van der Waals surface area contributed by atoms with Crippen LogP contribution >= 0.6 is 0 Å². The topological polar surface area (TPSA) is 67.4 Å². The molecule has 2 aromatic rings. The Labute approximate surface area is 160 Å². The Kier molecular flexibility index (Phi) is 5.49. The molecule has 142 valence electrons. The zero-order chi connectivity index (χ0) is 19.4. The summed E-state index contributed by atoms with van der Waals surface area (Å²) in [4.78, 5) is 24.9. The molecule has 0 bridgehead atoms. The molecule has 2 N–H and O–H groups in total. The van der Waals surface area contributed by atoms with Crippen molar-refractivity contribution in [3.63, 3.8) is 0 Å². The van der Waals surface area contributed by atoms with E-state index in [1.54, 1.807) is 31.4 Å². The van der Waals surface area contributed by atoms with Crippen molar-refractivity contribution in [3.05, 3.63) is 59.7 Å². The lowest BCUT2D eigenvalue weighted by Gasteiger charge is -2.17. The van der Waals surface area contributed by atoms with Crippen LogP contribution in [0.2, 0.25) is 0 Å². The largest absolute Gasteiger partial charge is 0.497 e. The lowest BCUT2D eigenvalue weighted by Crippen LogP contribution is -2.36. The smallest absolute Gasteiger partial charge is 0.255 e. The van der Waals surface area contributed by atoms with E-state index >= 15 is 0 Å². The molecule has 5 nitrogen and oxygen atoms in total. The van der Waals surface area contributed by atoms with E-state index in [1.807, 2.05) is 24.3 Å². The Morgan fingerprint density at radius 1 is 1.04 bits per heavy atom. The third kappa shape index (κ3) is 4.30. The monoisotopic (exact) mass is 366 g/mol. The van der Waals surface area contributed by atoms with Gasteiger partial charge in [-0.3, -0.25) is 9.59 Å². The van der Waals surface area contributed by atoms with E-state index in [0.29, 0.717) is 29.5 Å². The predicted octanol–water partition coefficient (Wildman–Crippen LogP) is 3.75. The van der Waals surface area contributed by atoms with Crippen LogP contribution in [0.5, 0.6) is 5.75 Å². The van der Waals surface area contributed by atoms with E-state index in [4.69, 9.17) is 4.74 Å². The van der Waals surface area contributed by atoms with Crippen LogP contribution in [0.3, 0.4) is 0 Å². The van der Waals surface area contributed by atoms with Gasteiger partial charge in [0, 0.05) is 17.8 Å². The minimum atomic E-state index is -0.395. The molecule has 2 amide bonds. The van der Waals surface area contributed by atoms with Crippen molar-refractivity contribution in [2.75, 3.05) is 19.0 Å². The quantitative estimate of drug-likeness (QED) is 0.784. The summed E-state index contributed by atoms with van der Waals surface area (Å²) in [5.41, 5.74) is 1.88. The molecule has 0 radical (unpaired) electrons. The van der Waals surface area contributed by atoms with Gasteiger partial charge < -0.3 is 15.4 Å². The number of nitrogens with one attached hydrogen (secondary N) is 2. The Morgan fingerprint density at radius 3 is 2.19 bits per heavy atom. The Balaban J connectivity index is 1.64. The maximum atomic E-state index is 12.5. The first-order chi connectivity index (χ1) is 12.9. The molecule has 1 aliphatic carbocycles.